The fourth-order valence-corrected chi connectivity index (χ4v) is 3.10. The quantitative estimate of drug-likeness (QED) is 0.671. The van der Waals surface area contributed by atoms with Crippen LogP contribution < -0.4 is 20.5 Å². The zero-order chi connectivity index (χ0) is 21.4. The first-order valence-corrected chi connectivity index (χ1v) is 9.28. The van der Waals surface area contributed by atoms with Gasteiger partial charge >= 0.3 is 6.09 Å². The van der Waals surface area contributed by atoms with E-state index in [0.29, 0.717) is 12.8 Å². The van der Waals surface area contributed by atoms with Gasteiger partial charge in [0, 0.05) is 17.2 Å². The predicted octanol–water partition coefficient (Wildman–Crippen LogP) is 3.41. The third-order valence-electron chi connectivity index (χ3n) is 4.50. The van der Waals surface area contributed by atoms with Gasteiger partial charge in [-0.1, -0.05) is 12.2 Å². The van der Waals surface area contributed by atoms with Crippen LogP contribution in [0, 0.1) is 20.8 Å². The van der Waals surface area contributed by atoms with E-state index in [4.69, 9.17) is 19.9 Å². The van der Waals surface area contributed by atoms with Gasteiger partial charge in [-0.05, 0) is 58.6 Å². The van der Waals surface area contributed by atoms with Crippen molar-refractivity contribution in [1.82, 2.24) is 5.32 Å². The van der Waals surface area contributed by atoms with Crippen LogP contribution in [0.1, 0.15) is 48.9 Å². The minimum Gasteiger partial charge on any atom is -0.496 e. The average Bonchev–Trinajstić information content (AvgIpc) is 2.61. The van der Waals surface area contributed by atoms with Gasteiger partial charge in [0.15, 0.2) is 6.10 Å². The Morgan fingerprint density at radius 3 is 2.11 bits per heavy atom. The van der Waals surface area contributed by atoms with Crippen LogP contribution >= 0.6 is 0 Å². The van der Waals surface area contributed by atoms with Crippen molar-refractivity contribution in [2.75, 3.05) is 14.2 Å². The molecule has 0 aliphatic heterocycles. The Bertz CT molecular complexity index is 741. The van der Waals surface area contributed by atoms with Gasteiger partial charge in [0.05, 0.1) is 14.2 Å². The molecule has 1 aromatic rings. The highest BCUT2D eigenvalue weighted by Gasteiger charge is 2.22. The van der Waals surface area contributed by atoms with Crippen molar-refractivity contribution in [3.63, 3.8) is 0 Å². The summed E-state index contributed by atoms with van der Waals surface area (Å²) in [5.74, 6) is 1.25. The van der Waals surface area contributed by atoms with E-state index in [2.05, 4.69) is 5.32 Å². The Balaban J connectivity index is 3.01. The molecule has 0 heterocycles. The Kier molecular flexibility index (Phi) is 8.82. The molecule has 0 aliphatic carbocycles. The summed E-state index contributed by atoms with van der Waals surface area (Å²) in [6.45, 7) is 9.63. The molecule has 2 amide bonds. The highest BCUT2D eigenvalue weighted by Crippen LogP contribution is 2.38. The molecule has 1 unspecified atom stereocenters. The lowest BCUT2D eigenvalue weighted by molar-refractivity contribution is -0.130. The summed E-state index contributed by atoms with van der Waals surface area (Å²) in [5, 5.41) is 2.73. The second-order valence-electron chi connectivity index (χ2n) is 6.92. The first-order valence-electron chi connectivity index (χ1n) is 9.28. The lowest BCUT2D eigenvalue weighted by Crippen LogP contribution is -2.41. The number of rotatable bonds is 9. The number of methoxy groups -OCH3 is 2. The molecule has 3 N–H and O–H groups in total. The summed E-state index contributed by atoms with van der Waals surface area (Å²) < 4.78 is 16.1. The fourth-order valence-electron chi connectivity index (χ4n) is 3.10. The van der Waals surface area contributed by atoms with Crippen molar-refractivity contribution in [2.45, 2.75) is 59.6 Å². The molecular weight excluding hydrogens is 360 g/mol. The van der Waals surface area contributed by atoms with Crippen LogP contribution in [-0.2, 0) is 9.53 Å². The number of carbonyl (C=O) groups excluding carboxylic acids is 2. The molecular formula is C21H32N2O5. The van der Waals surface area contributed by atoms with Crippen molar-refractivity contribution < 1.29 is 23.8 Å². The van der Waals surface area contributed by atoms with E-state index >= 15 is 0 Å². The molecule has 28 heavy (non-hydrogen) atoms. The van der Waals surface area contributed by atoms with Crippen LogP contribution in [0.25, 0.3) is 6.08 Å². The summed E-state index contributed by atoms with van der Waals surface area (Å²) in [7, 11) is 3.28. The minimum absolute atomic E-state index is 0.0584. The van der Waals surface area contributed by atoms with Crippen molar-refractivity contribution >= 4 is 18.1 Å². The zero-order valence-corrected chi connectivity index (χ0v) is 17.8. The standard InChI is InChI=1S/C21H32N2O5/c1-12(2)23-20(24)17(28-21(22)25)11-9-8-10-16-15(5)18(26-6)13(3)14(4)19(16)27-7/h8,10,12,17H,9,11H2,1-7H3,(H2,22,25)(H,23,24)/b10-8-. The number of nitrogens with two attached hydrogens (primary N) is 1. The van der Waals surface area contributed by atoms with Crippen molar-refractivity contribution in [3.05, 3.63) is 28.3 Å². The first kappa shape index (κ1) is 23.3. The first-order chi connectivity index (χ1) is 13.1. The molecule has 156 valence electrons. The Labute approximate surface area is 167 Å². The second-order valence-corrected chi connectivity index (χ2v) is 6.92. The molecule has 1 aromatic carbocycles. The molecule has 0 spiro atoms. The molecule has 1 atom stereocenters. The zero-order valence-electron chi connectivity index (χ0n) is 17.8. The molecule has 0 radical (unpaired) electrons. The van der Waals surface area contributed by atoms with Gasteiger partial charge in [-0.15, -0.1) is 0 Å². The van der Waals surface area contributed by atoms with Crippen LogP contribution in [0.4, 0.5) is 4.79 Å². The van der Waals surface area contributed by atoms with Crippen molar-refractivity contribution in [2.24, 2.45) is 5.73 Å². The molecule has 0 aromatic heterocycles. The molecule has 0 bridgehead atoms. The Morgan fingerprint density at radius 2 is 1.61 bits per heavy atom. The van der Waals surface area contributed by atoms with E-state index in [1.54, 1.807) is 14.2 Å². The van der Waals surface area contributed by atoms with E-state index in [-0.39, 0.29) is 11.9 Å². The van der Waals surface area contributed by atoms with E-state index in [9.17, 15) is 9.59 Å². The molecule has 0 fully saturated rings. The van der Waals surface area contributed by atoms with Gasteiger partial charge in [0.1, 0.15) is 11.5 Å². The Morgan fingerprint density at radius 1 is 1.04 bits per heavy atom. The van der Waals surface area contributed by atoms with Crippen LogP contribution in [0.5, 0.6) is 11.5 Å². The second kappa shape index (κ2) is 10.6. The molecule has 1 rings (SSSR count). The van der Waals surface area contributed by atoms with Crippen LogP contribution in [0.15, 0.2) is 6.08 Å². The monoisotopic (exact) mass is 392 g/mol. The maximum absolute atomic E-state index is 12.2. The minimum atomic E-state index is -0.968. The molecule has 7 nitrogen and oxygen atoms in total. The molecule has 0 aliphatic rings. The summed E-state index contributed by atoms with van der Waals surface area (Å²) >= 11 is 0. The Hall–Kier alpha value is -2.70. The number of hydrogen-bond acceptors (Lipinski definition) is 5. The van der Waals surface area contributed by atoms with E-state index in [0.717, 1.165) is 33.8 Å². The maximum atomic E-state index is 12.2. The average molecular weight is 392 g/mol. The van der Waals surface area contributed by atoms with E-state index in [1.165, 1.54) is 0 Å². The van der Waals surface area contributed by atoms with Gasteiger partial charge in [-0.3, -0.25) is 4.79 Å². The fraction of sp³-hybridized carbons (Fsp3) is 0.524. The van der Waals surface area contributed by atoms with Gasteiger partial charge in [0.25, 0.3) is 5.91 Å². The smallest absolute Gasteiger partial charge is 0.405 e. The number of hydrogen-bond donors (Lipinski definition) is 2. The summed E-state index contributed by atoms with van der Waals surface area (Å²) in [4.78, 5) is 23.3. The third-order valence-corrected chi connectivity index (χ3v) is 4.50. The number of allylic oxidation sites excluding steroid dienone is 1. The van der Waals surface area contributed by atoms with Gasteiger partial charge in [0.2, 0.25) is 0 Å². The van der Waals surface area contributed by atoms with Crippen molar-refractivity contribution in [3.8, 4) is 11.5 Å². The van der Waals surface area contributed by atoms with Crippen LogP contribution in [0.3, 0.4) is 0 Å². The summed E-state index contributed by atoms with van der Waals surface area (Å²) in [6, 6.07) is -0.0584. The highest BCUT2D eigenvalue weighted by molar-refractivity contribution is 5.83. The van der Waals surface area contributed by atoms with Crippen molar-refractivity contribution in [1.29, 1.82) is 0 Å². The number of benzene rings is 1. The number of carbonyl (C=O) groups is 2. The SMILES string of the molecule is COc1c(C)c(C)c(OC)c(/C=C\CCC(OC(N)=O)C(=O)NC(C)C)c1C. The number of ether oxygens (including phenoxy) is 3. The summed E-state index contributed by atoms with van der Waals surface area (Å²) in [6.07, 6.45) is 2.79. The molecule has 7 heteroatoms. The third kappa shape index (κ3) is 5.90. The number of primary amides is 1. The predicted molar refractivity (Wildman–Crippen MR) is 110 cm³/mol. The van der Waals surface area contributed by atoms with E-state index in [1.807, 2.05) is 46.8 Å². The lowest BCUT2D eigenvalue weighted by Gasteiger charge is -2.19. The van der Waals surface area contributed by atoms with Gasteiger partial charge in [-0.25, -0.2) is 4.79 Å². The van der Waals surface area contributed by atoms with Crippen LogP contribution in [0.2, 0.25) is 0 Å². The lowest BCUT2D eigenvalue weighted by atomic mass is 9.96. The topological polar surface area (TPSA) is 99.9 Å². The normalized spacial score (nSPS) is 12.1. The van der Waals surface area contributed by atoms with Gasteiger partial charge < -0.3 is 25.3 Å². The maximum Gasteiger partial charge on any atom is 0.405 e. The van der Waals surface area contributed by atoms with Gasteiger partial charge in [-0.2, -0.15) is 0 Å². The van der Waals surface area contributed by atoms with Crippen LogP contribution in [-0.4, -0.2) is 38.4 Å². The number of amides is 2. The summed E-state index contributed by atoms with van der Waals surface area (Å²) in [5.41, 5.74) is 9.03. The number of nitrogens with one attached hydrogen (secondary N) is 1. The largest absolute Gasteiger partial charge is 0.496 e. The molecule has 0 saturated heterocycles. The highest BCUT2D eigenvalue weighted by atomic mass is 16.6. The molecule has 0 saturated carbocycles. The van der Waals surface area contributed by atoms with E-state index < -0.39 is 12.2 Å².